The van der Waals surface area contributed by atoms with E-state index in [1.807, 2.05) is 38.4 Å². The Kier molecular flexibility index (Phi) is 6.53. The number of H-pyrrole nitrogens is 1. The number of pyridine rings is 1. The van der Waals surface area contributed by atoms with Crippen LogP contribution in [0.1, 0.15) is 18.8 Å². The summed E-state index contributed by atoms with van der Waals surface area (Å²) in [5.41, 5.74) is 1.83. The molecule has 4 nitrogen and oxygen atoms in total. The van der Waals surface area contributed by atoms with Crippen molar-refractivity contribution in [2.45, 2.75) is 13.0 Å². The minimum atomic E-state index is -0.593. The zero-order valence-electron chi connectivity index (χ0n) is 13.6. The fourth-order valence-electron chi connectivity index (χ4n) is 2.00. The van der Waals surface area contributed by atoms with Gasteiger partial charge in [-0.3, -0.25) is 0 Å². The molecule has 3 aromatic rings. The molecular weight excluding hydrogens is 312 g/mol. The largest absolute Gasteiger partial charge is 0.352 e. The van der Waals surface area contributed by atoms with E-state index in [0.717, 1.165) is 27.6 Å². The van der Waals surface area contributed by atoms with Crippen molar-refractivity contribution in [2.24, 2.45) is 0 Å². The van der Waals surface area contributed by atoms with Crippen LogP contribution >= 0.6 is 11.6 Å². The van der Waals surface area contributed by atoms with Crippen LogP contribution in [0.4, 0.5) is 0 Å². The number of aromatic amines is 1. The molecule has 0 amide bonds. The lowest BCUT2D eigenvalue weighted by atomic mass is 8.81. The highest BCUT2D eigenvalue weighted by Crippen LogP contribution is 2.25. The van der Waals surface area contributed by atoms with Crippen LogP contribution in [-0.4, -0.2) is 65.7 Å². The Morgan fingerprint density at radius 2 is 1.83 bits per heavy atom. The van der Waals surface area contributed by atoms with Gasteiger partial charge in [0.05, 0.1) is 11.6 Å². The number of halogens is 1. The van der Waals surface area contributed by atoms with E-state index in [0.29, 0.717) is 5.15 Å². The maximum Gasteiger partial charge on any atom is 0.146 e. The molecule has 0 aliphatic heterocycles. The van der Waals surface area contributed by atoms with Gasteiger partial charge in [-0.05, 0) is 31.5 Å². The van der Waals surface area contributed by atoms with Crippen LogP contribution in [0, 0.1) is 0 Å². The highest BCUT2D eigenvalue weighted by Gasteiger charge is 2.12. The van der Waals surface area contributed by atoms with E-state index < -0.39 is 12.8 Å². The van der Waals surface area contributed by atoms with Gasteiger partial charge in [0.25, 0.3) is 0 Å². The molecule has 0 saturated heterocycles. The van der Waals surface area contributed by atoms with Crippen LogP contribution in [-0.2, 0) is 0 Å². The van der Waals surface area contributed by atoms with E-state index in [4.69, 9.17) is 42.5 Å². The number of aromatic nitrogens is 3. The molecule has 0 spiro atoms. The Labute approximate surface area is 153 Å². The third kappa shape index (κ3) is 4.42. The first kappa shape index (κ1) is 19.1. The predicted molar refractivity (Wildman–Crippen MR) is 108 cm³/mol. The van der Waals surface area contributed by atoms with Crippen molar-refractivity contribution in [3.05, 3.63) is 35.4 Å². The average Bonchev–Trinajstić information content (AvgIpc) is 2.98. The number of nitrogens with one attached hydrogen (secondary N) is 2. The number of hydrogen-bond donors (Lipinski definition) is 2. The van der Waals surface area contributed by atoms with Gasteiger partial charge in [0.15, 0.2) is 0 Å². The molecule has 24 heavy (non-hydrogen) atoms. The maximum absolute atomic E-state index is 5.95. The molecule has 0 saturated carbocycles. The molecule has 0 unspecified atom stereocenters. The summed E-state index contributed by atoms with van der Waals surface area (Å²) in [4.78, 5) is 12.1. The molecule has 2 aromatic heterocycles. The van der Waals surface area contributed by atoms with Crippen molar-refractivity contribution in [3.8, 4) is 0 Å². The summed E-state index contributed by atoms with van der Waals surface area (Å²) in [6, 6.07) is 6.03. The molecule has 3 rings (SSSR count). The van der Waals surface area contributed by atoms with E-state index in [9.17, 15) is 0 Å². The number of hydrogen-bond acceptors (Lipinski definition) is 3. The van der Waals surface area contributed by atoms with Gasteiger partial charge in [-0.25, -0.2) is 9.97 Å². The Bertz CT molecular complexity index is 819. The fourth-order valence-corrected chi connectivity index (χ4v) is 2.17. The number of fused-ring (bicyclic) bond motifs is 3. The van der Waals surface area contributed by atoms with Gasteiger partial charge in [-0.1, -0.05) is 17.7 Å². The lowest BCUT2D eigenvalue weighted by molar-refractivity contribution is 0.620. The summed E-state index contributed by atoms with van der Waals surface area (Å²) in [5.74, 6) is 0.815. The van der Waals surface area contributed by atoms with Crippen molar-refractivity contribution in [3.63, 3.8) is 0 Å². The smallest absolute Gasteiger partial charge is 0.146 e. The second-order valence-corrected chi connectivity index (χ2v) is 5.87. The first-order chi connectivity index (χ1) is 11.3. The third-order valence-corrected chi connectivity index (χ3v) is 3.81. The number of benzene rings is 1. The van der Waals surface area contributed by atoms with Crippen LogP contribution in [0.5, 0.6) is 0 Å². The zero-order valence-corrected chi connectivity index (χ0v) is 14.4. The molecule has 11 heteroatoms. The SMILES string of the molecule is CN[C@H](C)c1nc2ccc3cc(Cl)[nH]cc3c2n1.[B]B([B])B([B])[B]. The zero-order chi connectivity index (χ0) is 17.9. The van der Waals surface area contributed by atoms with Crippen molar-refractivity contribution in [2.75, 3.05) is 7.05 Å². The molecule has 2 heterocycles. The highest BCUT2D eigenvalue weighted by molar-refractivity contribution is 7.76. The van der Waals surface area contributed by atoms with Crippen molar-refractivity contribution in [1.29, 1.82) is 0 Å². The predicted octanol–water partition coefficient (Wildman–Crippen LogP) is 0.760. The van der Waals surface area contributed by atoms with E-state index >= 15 is 0 Å². The lowest BCUT2D eigenvalue weighted by Gasteiger charge is -2.03. The van der Waals surface area contributed by atoms with Crippen LogP contribution < -0.4 is 5.32 Å². The number of imidazole rings is 1. The molecule has 1 aromatic carbocycles. The van der Waals surface area contributed by atoms with Gasteiger partial charge in [0, 0.05) is 55.3 Å². The van der Waals surface area contributed by atoms with E-state index in [-0.39, 0.29) is 6.04 Å². The minimum absolute atomic E-state index is 0.142. The molecule has 0 bridgehead atoms. The summed E-state index contributed by atoms with van der Waals surface area (Å²) < 4.78 is 0. The van der Waals surface area contributed by atoms with Crippen LogP contribution in [0.2, 0.25) is 5.15 Å². The third-order valence-electron chi connectivity index (χ3n) is 3.59. The normalized spacial score (nSPS) is 11.8. The highest BCUT2D eigenvalue weighted by atomic mass is 35.5. The van der Waals surface area contributed by atoms with Gasteiger partial charge in [0.2, 0.25) is 0 Å². The summed E-state index contributed by atoms with van der Waals surface area (Å²) in [6.45, 7) is 2.04. The monoisotopic (exact) mass is 326 g/mol. The fraction of sp³-hybridized carbons (Fsp3) is 0.231. The molecule has 2 N–H and O–H groups in total. The van der Waals surface area contributed by atoms with Crippen molar-refractivity contribution < 1.29 is 0 Å². The Balaban J connectivity index is 0.000000301. The van der Waals surface area contributed by atoms with E-state index in [1.165, 1.54) is 0 Å². The van der Waals surface area contributed by atoms with Crippen LogP contribution in [0.25, 0.3) is 21.8 Å². The van der Waals surface area contributed by atoms with Gasteiger partial charge in [-0.15, -0.1) is 0 Å². The quantitative estimate of drug-likeness (QED) is 0.552. The first-order valence-corrected chi connectivity index (χ1v) is 7.85. The Morgan fingerprint density at radius 1 is 1.17 bits per heavy atom. The second-order valence-electron chi connectivity index (χ2n) is 5.46. The lowest BCUT2D eigenvalue weighted by Crippen LogP contribution is -2.38. The summed E-state index contributed by atoms with van der Waals surface area (Å²) >= 11 is 5.95. The van der Waals surface area contributed by atoms with Gasteiger partial charge < -0.3 is 10.3 Å². The molecule has 1 atom stereocenters. The standard InChI is InChI=1S/C13H13ClN4.B6/c1-7(15-2)13-17-10-4-3-8-5-11(14)16-6-9(8)12(10)18-13;1-5(2)6(3)4/h3-7,15-16H,1-2H3;/t7-;/m1./s1. The topological polar surface area (TPSA) is 53.6 Å². The first-order valence-electron chi connectivity index (χ1n) is 7.47. The number of nitrogens with zero attached hydrogens (tertiary/aromatic N) is 2. The Hall–Kier alpha value is -1.26. The van der Waals surface area contributed by atoms with E-state index in [1.54, 1.807) is 0 Å². The second kappa shape index (κ2) is 8.21. The molecule has 110 valence electrons. The summed E-state index contributed by atoms with van der Waals surface area (Å²) in [5, 5.41) is 5.87. The van der Waals surface area contributed by atoms with Crippen molar-refractivity contribution in [1.82, 2.24) is 20.3 Å². The van der Waals surface area contributed by atoms with Gasteiger partial charge in [0.1, 0.15) is 16.5 Å². The van der Waals surface area contributed by atoms with Gasteiger partial charge in [-0.2, -0.15) is 0 Å². The average molecular weight is 326 g/mol. The van der Waals surface area contributed by atoms with Crippen molar-refractivity contribution >= 4 is 77.1 Å². The summed E-state index contributed by atoms with van der Waals surface area (Å²) in [7, 11) is 21.8. The molecule has 8 radical (unpaired) electrons. The van der Waals surface area contributed by atoms with Crippen LogP contribution in [0.3, 0.4) is 0 Å². The van der Waals surface area contributed by atoms with Crippen LogP contribution in [0.15, 0.2) is 24.4 Å². The maximum atomic E-state index is 5.95. The van der Waals surface area contributed by atoms with Gasteiger partial charge >= 0.3 is 0 Å². The molecular formula is C13H13B6ClN4. The van der Waals surface area contributed by atoms with E-state index in [2.05, 4.69) is 20.3 Å². The Morgan fingerprint density at radius 3 is 2.42 bits per heavy atom. The molecule has 0 aliphatic carbocycles. The minimum Gasteiger partial charge on any atom is -0.352 e. The molecule has 0 aliphatic rings. The summed E-state index contributed by atoms with van der Waals surface area (Å²) in [6.07, 6.45) is 0.692. The number of rotatable bonds is 3. The molecule has 0 fully saturated rings.